The van der Waals surface area contributed by atoms with Crippen LogP contribution in [0.25, 0.3) is 0 Å². The van der Waals surface area contributed by atoms with Crippen molar-refractivity contribution in [3.63, 3.8) is 0 Å². The van der Waals surface area contributed by atoms with Crippen LogP contribution in [-0.2, 0) is 14.2 Å². The molecular formula is C10H22O4. The summed E-state index contributed by atoms with van der Waals surface area (Å²) >= 11 is 0. The lowest BCUT2D eigenvalue weighted by atomic mass is 10.4. The van der Waals surface area contributed by atoms with Crippen LogP contribution in [0.15, 0.2) is 0 Å². The third-order valence-electron chi connectivity index (χ3n) is 1.73. The van der Waals surface area contributed by atoms with Gasteiger partial charge >= 0.3 is 0 Å². The van der Waals surface area contributed by atoms with E-state index in [1.54, 1.807) is 14.0 Å². The first-order valence-electron chi connectivity index (χ1n) is 4.96. The van der Waals surface area contributed by atoms with Crippen molar-refractivity contribution in [2.45, 2.75) is 39.1 Å². The summed E-state index contributed by atoms with van der Waals surface area (Å²) in [6, 6.07) is 0. The van der Waals surface area contributed by atoms with Gasteiger partial charge < -0.3 is 19.3 Å². The molecule has 0 aliphatic carbocycles. The zero-order chi connectivity index (χ0) is 11.0. The highest BCUT2D eigenvalue weighted by atomic mass is 16.6. The zero-order valence-electron chi connectivity index (χ0n) is 9.53. The van der Waals surface area contributed by atoms with Crippen LogP contribution in [0.2, 0.25) is 0 Å². The normalized spacial score (nSPS) is 17.8. The van der Waals surface area contributed by atoms with E-state index in [0.717, 1.165) is 0 Å². The molecule has 86 valence electrons. The molecule has 0 aromatic rings. The van der Waals surface area contributed by atoms with Crippen molar-refractivity contribution in [3.05, 3.63) is 0 Å². The van der Waals surface area contributed by atoms with Gasteiger partial charge in [0.1, 0.15) is 0 Å². The summed E-state index contributed by atoms with van der Waals surface area (Å²) in [5.74, 6) is 0. The maximum atomic E-state index is 8.97. The van der Waals surface area contributed by atoms with Crippen LogP contribution in [-0.4, -0.2) is 50.3 Å². The third kappa shape index (κ3) is 8.44. The van der Waals surface area contributed by atoms with Gasteiger partial charge in [0.25, 0.3) is 0 Å². The van der Waals surface area contributed by atoms with Gasteiger partial charge in [-0.2, -0.15) is 0 Å². The standard InChI is InChI=1S/C10H22O4/c1-8(11)5-14-10(3)7-13-6-9(2)12-4/h8-11H,5-7H2,1-4H3. The number of rotatable bonds is 8. The Bertz CT molecular complexity index is 127. The second-order valence-electron chi connectivity index (χ2n) is 3.58. The van der Waals surface area contributed by atoms with Crippen molar-refractivity contribution in [3.8, 4) is 0 Å². The van der Waals surface area contributed by atoms with E-state index in [9.17, 15) is 0 Å². The fourth-order valence-corrected chi connectivity index (χ4v) is 0.820. The number of hydrogen-bond acceptors (Lipinski definition) is 4. The van der Waals surface area contributed by atoms with Crippen LogP contribution in [0.5, 0.6) is 0 Å². The van der Waals surface area contributed by atoms with Gasteiger partial charge in [0.2, 0.25) is 0 Å². The van der Waals surface area contributed by atoms with Gasteiger partial charge in [-0.3, -0.25) is 0 Å². The van der Waals surface area contributed by atoms with E-state index in [4.69, 9.17) is 19.3 Å². The van der Waals surface area contributed by atoms with Crippen LogP contribution in [0.1, 0.15) is 20.8 Å². The number of aliphatic hydroxyl groups is 1. The van der Waals surface area contributed by atoms with E-state index in [1.807, 2.05) is 13.8 Å². The molecule has 1 N–H and O–H groups in total. The summed E-state index contributed by atoms with van der Waals surface area (Å²) < 4.78 is 15.7. The van der Waals surface area contributed by atoms with Crippen LogP contribution in [0.4, 0.5) is 0 Å². The van der Waals surface area contributed by atoms with Crippen molar-refractivity contribution in [1.82, 2.24) is 0 Å². The molecule has 14 heavy (non-hydrogen) atoms. The number of aliphatic hydroxyl groups excluding tert-OH is 1. The number of methoxy groups -OCH3 is 1. The number of hydrogen-bond donors (Lipinski definition) is 1. The van der Waals surface area contributed by atoms with Gasteiger partial charge in [-0.1, -0.05) is 0 Å². The van der Waals surface area contributed by atoms with Gasteiger partial charge in [-0.25, -0.2) is 0 Å². The van der Waals surface area contributed by atoms with Gasteiger partial charge in [-0.05, 0) is 20.8 Å². The Balaban J connectivity index is 3.30. The van der Waals surface area contributed by atoms with E-state index in [1.165, 1.54) is 0 Å². The first-order chi connectivity index (χ1) is 6.56. The highest BCUT2D eigenvalue weighted by Gasteiger charge is 2.06. The Labute approximate surface area is 86.2 Å². The van der Waals surface area contributed by atoms with E-state index in [-0.39, 0.29) is 12.2 Å². The molecule has 0 spiro atoms. The van der Waals surface area contributed by atoms with Crippen LogP contribution >= 0.6 is 0 Å². The van der Waals surface area contributed by atoms with Gasteiger partial charge in [0.05, 0.1) is 38.1 Å². The van der Waals surface area contributed by atoms with E-state index >= 15 is 0 Å². The Morgan fingerprint density at radius 1 is 1.00 bits per heavy atom. The summed E-state index contributed by atoms with van der Waals surface area (Å²) in [6.07, 6.45) is -0.303. The number of ether oxygens (including phenoxy) is 3. The first kappa shape index (κ1) is 13.8. The second-order valence-corrected chi connectivity index (χ2v) is 3.58. The van der Waals surface area contributed by atoms with E-state index in [0.29, 0.717) is 19.8 Å². The second kappa shape index (κ2) is 8.17. The molecule has 0 aromatic heterocycles. The molecular weight excluding hydrogens is 184 g/mol. The molecule has 0 aromatic carbocycles. The highest BCUT2D eigenvalue weighted by molar-refractivity contribution is 4.52. The summed E-state index contributed by atoms with van der Waals surface area (Å²) in [6.45, 7) is 7.01. The lowest BCUT2D eigenvalue weighted by Crippen LogP contribution is -2.24. The molecule has 0 saturated carbocycles. The van der Waals surface area contributed by atoms with Gasteiger partial charge in [-0.15, -0.1) is 0 Å². The molecule has 0 fully saturated rings. The monoisotopic (exact) mass is 206 g/mol. The predicted molar refractivity (Wildman–Crippen MR) is 54.4 cm³/mol. The predicted octanol–water partition coefficient (Wildman–Crippen LogP) is 0.824. The summed E-state index contributed by atoms with van der Waals surface area (Å²) in [4.78, 5) is 0. The smallest absolute Gasteiger partial charge is 0.0781 e. The van der Waals surface area contributed by atoms with Crippen molar-refractivity contribution in [2.75, 3.05) is 26.9 Å². The summed E-state index contributed by atoms with van der Waals surface area (Å²) in [7, 11) is 1.65. The molecule has 0 amide bonds. The minimum Gasteiger partial charge on any atom is -0.391 e. The minimum atomic E-state index is -0.421. The Morgan fingerprint density at radius 3 is 2.07 bits per heavy atom. The van der Waals surface area contributed by atoms with Crippen molar-refractivity contribution >= 4 is 0 Å². The van der Waals surface area contributed by atoms with Crippen molar-refractivity contribution < 1.29 is 19.3 Å². The molecule has 0 aliphatic heterocycles. The van der Waals surface area contributed by atoms with Gasteiger partial charge in [0, 0.05) is 7.11 Å². The van der Waals surface area contributed by atoms with Crippen LogP contribution in [0, 0.1) is 0 Å². The Kier molecular flexibility index (Phi) is 8.08. The maximum absolute atomic E-state index is 8.97. The molecule has 0 rings (SSSR count). The van der Waals surface area contributed by atoms with Crippen LogP contribution in [0.3, 0.4) is 0 Å². The Morgan fingerprint density at radius 2 is 1.57 bits per heavy atom. The summed E-state index contributed by atoms with van der Waals surface area (Å²) in [5, 5.41) is 8.97. The average molecular weight is 206 g/mol. The molecule has 4 nitrogen and oxygen atoms in total. The average Bonchev–Trinajstić information content (AvgIpc) is 2.14. The SMILES string of the molecule is COC(C)COCC(C)OCC(C)O. The zero-order valence-corrected chi connectivity index (χ0v) is 9.53. The molecule has 0 heterocycles. The van der Waals surface area contributed by atoms with E-state index in [2.05, 4.69) is 0 Å². The van der Waals surface area contributed by atoms with Crippen molar-refractivity contribution in [2.24, 2.45) is 0 Å². The summed E-state index contributed by atoms with van der Waals surface area (Å²) in [5.41, 5.74) is 0. The largest absolute Gasteiger partial charge is 0.391 e. The lowest BCUT2D eigenvalue weighted by Gasteiger charge is -2.16. The molecule has 0 aliphatic rings. The van der Waals surface area contributed by atoms with Crippen molar-refractivity contribution in [1.29, 1.82) is 0 Å². The minimum absolute atomic E-state index is 0.00801. The fraction of sp³-hybridized carbons (Fsp3) is 1.00. The molecule has 4 heteroatoms. The maximum Gasteiger partial charge on any atom is 0.0781 e. The van der Waals surface area contributed by atoms with Crippen LogP contribution < -0.4 is 0 Å². The molecule has 3 unspecified atom stereocenters. The van der Waals surface area contributed by atoms with E-state index < -0.39 is 6.10 Å². The molecule has 3 atom stereocenters. The molecule has 0 radical (unpaired) electrons. The molecule has 0 saturated heterocycles. The lowest BCUT2D eigenvalue weighted by molar-refractivity contribution is -0.0543. The topological polar surface area (TPSA) is 47.9 Å². The third-order valence-corrected chi connectivity index (χ3v) is 1.73. The molecule has 0 bridgehead atoms. The highest BCUT2D eigenvalue weighted by Crippen LogP contribution is 1.96. The van der Waals surface area contributed by atoms with Gasteiger partial charge in [0.15, 0.2) is 0 Å². The Hall–Kier alpha value is -0.160. The fourth-order valence-electron chi connectivity index (χ4n) is 0.820. The quantitative estimate of drug-likeness (QED) is 0.639. The first-order valence-corrected chi connectivity index (χ1v) is 4.96.